The Labute approximate surface area is 314 Å². The zero-order chi connectivity index (χ0) is 39.5. The minimum atomic E-state index is -1.59. The van der Waals surface area contributed by atoms with Crippen molar-refractivity contribution >= 4 is 35.5 Å². The third-order valence-corrected chi connectivity index (χ3v) is 9.20. The number of nitrogens with one attached hydrogen (secondary N) is 5. The molecule has 298 valence electrons. The van der Waals surface area contributed by atoms with Crippen LogP contribution in [0, 0.1) is 11.8 Å². The number of unbranched alkanes of at least 4 members (excludes halogenated alkanes) is 6. The fraction of sp³-hybridized carbons (Fsp3) is 0.692. The van der Waals surface area contributed by atoms with Crippen LogP contribution in [-0.2, 0) is 39.9 Å². The van der Waals surface area contributed by atoms with Gasteiger partial charge in [-0.2, -0.15) is 0 Å². The number of rotatable bonds is 15. The van der Waals surface area contributed by atoms with Crippen LogP contribution in [-0.4, -0.2) is 94.7 Å². The second-order valence-corrected chi connectivity index (χ2v) is 14.9. The van der Waals surface area contributed by atoms with Crippen molar-refractivity contribution in [3.8, 4) is 0 Å². The lowest BCUT2D eigenvalue weighted by atomic mass is 10.0. The summed E-state index contributed by atoms with van der Waals surface area (Å²) in [5.41, 5.74) is 0.687. The molecular formula is C39H63N5O9. The average molecular weight is 746 g/mol. The van der Waals surface area contributed by atoms with Gasteiger partial charge in [-0.05, 0) is 43.6 Å². The molecule has 1 aliphatic heterocycles. The predicted molar refractivity (Wildman–Crippen MR) is 200 cm³/mol. The first kappa shape index (κ1) is 45.1. The van der Waals surface area contributed by atoms with Crippen LogP contribution in [0.2, 0.25) is 0 Å². The van der Waals surface area contributed by atoms with E-state index in [0.717, 1.165) is 38.5 Å². The lowest BCUT2D eigenvalue weighted by molar-refractivity contribution is -0.156. The number of cyclic esters (lactones) is 1. The number of carbonyl (C=O) groups excluding carboxylic acids is 6. The van der Waals surface area contributed by atoms with E-state index in [1.165, 1.54) is 6.92 Å². The smallest absolute Gasteiger partial charge is 0.329 e. The fourth-order valence-electron chi connectivity index (χ4n) is 6.13. The van der Waals surface area contributed by atoms with E-state index in [1.54, 1.807) is 44.2 Å². The molecule has 1 aliphatic rings. The summed E-state index contributed by atoms with van der Waals surface area (Å²) in [6, 6.07) is 2.23. The number of benzene rings is 1. The Morgan fingerprint density at radius 1 is 0.698 bits per heavy atom. The average Bonchev–Trinajstić information content (AvgIpc) is 3.09. The first-order chi connectivity index (χ1) is 25.2. The summed E-state index contributed by atoms with van der Waals surface area (Å²) < 4.78 is 5.95. The number of amides is 5. The zero-order valence-corrected chi connectivity index (χ0v) is 32.3. The number of aliphatic hydroxyl groups excluding tert-OH is 2. The molecule has 1 unspecified atom stereocenters. The van der Waals surface area contributed by atoms with E-state index >= 15 is 0 Å². The summed E-state index contributed by atoms with van der Waals surface area (Å²) in [5.74, 6) is -5.11. The van der Waals surface area contributed by atoms with Gasteiger partial charge in [-0.25, -0.2) is 4.79 Å². The third-order valence-electron chi connectivity index (χ3n) is 9.20. The number of hydrogen-bond acceptors (Lipinski definition) is 9. The first-order valence-corrected chi connectivity index (χ1v) is 19.2. The van der Waals surface area contributed by atoms with E-state index in [9.17, 15) is 39.0 Å². The standard InChI is InChI=1S/C39H63N5O9/c1-7-8-9-10-11-12-16-19-28-22-32(47)40-29(20-24(2)3)35(48)42-31(23-45)37(50)44-34(26(6)46)38(51)41-30(21-27-17-14-13-15-18-27)36(49)43-33(25(4)5)39(52)53-28/h13-15,17-18,24-26,28-31,33-34,45-46H,7-12,16,19-23H2,1-6H3,(H,40,47)(H,41,51)(H,42,48)(H,43,49)(H,44,50)/t26-,28?,29+,30+,31+,33+,34+/m1/s1. The lowest BCUT2D eigenvalue weighted by Gasteiger charge is -2.28. The van der Waals surface area contributed by atoms with Gasteiger partial charge in [0.05, 0.1) is 19.1 Å². The van der Waals surface area contributed by atoms with Crippen LogP contribution in [0.1, 0.15) is 111 Å². The Morgan fingerprint density at radius 3 is 1.85 bits per heavy atom. The third kappa shape index (κ3) is 16.2. The highest BCUT2D eigenvalue weighted by atomic mass is 16.5. The normalized spacial score (nSPS) is 24.9. The molecule has 0 radical (unpaired) electrons. The zero-order valence-electron chi connectivity index (χ0n) is 32.3. The summed E-state index contributed by atoms with van der Waals surface area (Å²) in [6.45, 7) is 9.74. The summed E-state index contributed by atoms with van der Waals surface area (Å²) >= 11 is 0. The highest BCUT2D eigenvalue weighted by molar-refractivity contribution is 5.96. The van der Waals surface area contributed by atoms with Crippen molar-refractivity contribution in [2.24, 2.45) is 11.8 Å². The van der Waals surface area contributed by atoms with Crippen LogP contribution in [0.4, 0.5) is 0 Å². The Kier molecular flexibility index (Phi) is 20.1. The second-order valence-electron chi connectivity index (χ2n) is 14.9. The summed E-state index contributed by atoms with van der Waals surface area (Å²) in [7, 11) is 0. The van der Waals surface area contributed by atoms with Gasteiger partial charge in [0.2, 0.25) is 29.5 Å². The molecule has 2 rings (SSSR count). The van der Waals surface area contributed by atoms with Gasteiger partial charge in [0, 0.05) is 6.42 Å². The van der Waals surface area contributed by atoms with E-state index in [4.69, 9.17) is 4.74 Å². The first-order valence-electron chi connectivity index (χ1n) is 19.2. The SMILES string of the molecule is CCCCCCCCCC1CC(=O)N[C@@H](CC(C)C)C(=O)N[C@@H](CO)C(=O)N[C@@H]([C@@H](C)O)C(=O)N[C@@H](Cc2ccccc2)C(=O)N[C@@H](C(C)C)C(=O)O1. The number of ether oxygens (including phenoxy) is 1. The topological polar surface area (TPSA) is 212 Å². The molecule has 0 aromatic heterocycles. The minimum Gasteiger partial charge on any atom is -0.460 e. The molecule has 1 saturated heterocycles. The van der Waals surface area contributed by atoms with Gasteiger partial charge in [-0.15, -0.1) is 0 Å². The number of esters is 1. The van der Waals surface area contributed by atoms with Crippen molar-refractivity contribution in [2.75, 3.05) is 6.61 Å². The van der Waals surface area contributed by atoms with Gasteiger partial charge in [-0.1, -0.05) is 103 Å². The van der Waals surface area contributed by atoms with E-state index in [2.05, 4.69) is 33.5 Å². The van der Waals surface area contributed by atoms with E-state index in [-0.39, 0.29) is 25.2 Å². The minimum absolute atomic E-state index is 0.00632. The molecule has 0 saturated carbocycles. The van der Waals surface area contributed by atoms with Gasteiger partial charge in [0.25, 0.3) is 0 Å². The molecule has 1 fully saturated rings. The fourth-order valence-corrected chi connectivity index (χ4v) is 6.13. The maximum absolute atomic E-state index is 13.9. The monoisotopic (exact) mass is 745 g/mol. The van der Waals surface area contributed by atoms with Crippen LogP contribution in [0.15, 0.2) is 30.3 Å². The molecule has 7 N–H and O–H groups in total. The van der Waals surface area contributed by atoms with Gasteiger partial charge >= 0.3 is 5.97 Å². The molecule has 0 aliphatic carbocycles. The predicted octanol–water partition coefficient (Wildman–Crippen LogP) is 2.18. The van der Waals surface area contributed by atoms with Gasteiger partial charge in [-0.3, -0.25) is 24.0 Å². The van der Waals surface area contributed by atoms with Crippen molar-refractivity contribution < 1.29 is 43.7 Å². The molecule has 1 aromatic rings. The lowest BCUT2D eigenvalue weighted by Crippen LogP contribution is -2.62. The molecule has 53 heavy (non-hydrogen) atoms. The molecule has 5 amide bonds. The molecule has 1 aromatic carbocycles. The van der Waals surface area contributed by atoms with Crippen LogP contribution >= 0.6 is 0 Å². The molecule has 0 bridgehead atoms. The molecular weight excluding hydrogens is 682 g/mol. The highest BCUT2D eigenvalue weighted by Crippen LogP contribution is 2.17. The van der Waals surface area contributed by atoms with Crippen molar-refractivity contribution in [1.82, 2.24) is 26.6 Å². The Morgan fingerprint density at radius 2 is 1.26 bits per heavy atom. The molecule has 7 atom stereocenters. The summed E-state index contributed by atoms with van der Waals surface area (Å²) in [6.07, 6.45) is 5.10. The maximum Gasteiger partial charge on any atom is 0.329 e. The van der Waals surface area contributed by atoms with E-state index in [0.29, 0.717) is 18.4 Å². The number of aliphatic hydroxyl groups is 2. The van der Waals surface area contributed by atoms with Crippen LogP contribution in [0.5, 0.6) is 0 Å². The van der Waals surface area contributed by atoms with Crippen LogP contribution < -0.4 is 26.6 Å². The molecule has 1 heterocycles. The van der Waals surface area contributed by atoms with Crippen LogP contribution in [0.3, 0.4) is 0 Å². The Hall–Kier alpha value is -4.04. The van der Waals surface area contributed by atoms with Crippen LogP contribution in [0.25, 0.3) is 0 Å². The largest absolute Gasteiger partial charge is 0.460 e. The maximum atomic E-state index is 13.9. The summed E-state index contributed by atoms with van der Waals surface area (Å²) in [5, 5.41) is 33.5. The Bertz CT molecular complexity index is 1320. The molecule has 14 heteroatoms. The van der Waals surface area contributed by atoms with Crippen molar-refractivity contribution in [2.45, 2.75) is 155 Å². The van der Waals surface area contributed by atoms with Gasteiger partial charge in [0.15, 0.2) is 0 Å². The van der Waals surface area contributed by atoms with Gasteiger partial charge < -0.3 is 41.5 Å². The van der Waals surface area contributed by atoms with E-state index < -0.39 is 90.4 Å². The van der Waals surface area contributed by atoms with Crippen molar-refractivity contribution in [1.29, 1.82) is 0 Å². The van der Waals surface area contributed by atoms with Crippen molar-refractivity contribution in [3.63, 3.8) is 0 Å². The quantitative estimate of drug-likeness (QED) is 0.103. The summed E-state index contributed by atoms with van der Waals surface area (Å²) in [4.78, 5) is 81.6. The highest BCUT2D eigenvalue weighted by Gasteiger charge is 2.36. The molecule has 0 spiro atoms. The second kappa shape index (κ2) is 23.6. The van der Waals surface area contributed by atoms with Gasteiger partial charge in [0.1, 0.15) is 36.3 Å². The number of hydrogen-bond donors (Lipinski definition) is 7. The Balaban J connectivity index is 2.53. The van der Waals surface area contributed by atoms with Crippen molar-refractivity contribution in [3.05, 3.63) is 35.9 Å². The number of carbonyl (C=O) groups is 6. The molecule has 14 nitrogen and oxygen atoms in total. The van der Waals surface area contributed by atoms with E-state index in [1.807, 2.05) is 13.8 Å².